The molecule has 2 heterocycles. The molecule has 1 N–H and O–H groups in total. The van der Waals surface area contributed by atoms with Crippen molar-refractivity contribution in [1.29, 1.82) is 0 Å². The highest BCUT2D eigenvalue weighted by Crippen LogP contribution is 2.29. The zero-order chi connectivity index (χ0) is 17.6. The van der Waals surface area contributed by atoms with E-state index in [0.717, 1.165) is 26.7 Å². The van der Waals surface area contributed by atoms with Crippen LogP contribution in [0.2, 0.25) is 5.02 Å². The second-order valence-corrected chi connectivity index (χ2v) is 7.56. The summed E-state index contributed by atoms with van der Waals surface area (Å²) in [6.45, 7) is 4.02. The summed E-state index contributed by atoms with van der Waals surface area (Å²) in [5, 5.41) is 5.47. The van der Waals surface area contributed by atoms with Crippen molar-refractivity contribution in [3.8, 4) is 0 Å². The number of hydrogen-bond acceptors (Lipinski definition) is 3. The van der Waals surface area contributed by atoms with Crippen molar-refractivity contribution in [1.82, 2.24) is 4.98 Å². The number of rotatable bonds is 2. The summed E-state index contributed by atoms with van der Waals surface area (Å²) >= 11 is 7.59. The number of thiophene rings is 1. The number of anilines is 1. The predicted molar refractivity (Wildman–Crippen MR) is 106 cm³/mol. The van der Waals surface area contributed by atoms with Crippen LogP contribution in [0.4, 0.5) is 5.69 Å². The van der Waals surface area contributed by atoms with Crippen LogP contribution in [0.5, 0.6) is 0 Å². The average Bonchev–Trinajstić information content (AvgIpc) is 2.98. The lowest BCUT2D eigenvalue weighted by atomic mass is 10.1. The third kappa shape index (κ3) is 3.11. The standard InChI is InChI=1S/C20H15ClN2OS/c1-11-3-5-16-13(7-11)9-14-10-18(25-20(14)23-16)19(24)22-17-6-4-12(2)8-15(17)21/h3-10H,1-2H3,(H,22,24). The highest BCUT2D eigenvalue weighted by Gasteiger charge is 2.13. The molecule has 0 radical (unpaired) electrons. The second kappa shape index (κ2) is 6.14. The minimum Gasteiger partial charge on any atom is -0.320 e. The molecule has 2 aromatic heterocycles. The van der Waals surface area contributed by atoms with E-state index in [1.807, 2.05) is 43.3 Å². The van der Waals surface area contributed by atoms with Crippen molar-refractivity contribution < 1.29 is 4.79 Å². The molecule has 4 aromatic rings. The Labute approximate surface area is 154 Å². The number of carbonyl (C=O) groups is 1. The van der Waals surface area contributed by atoms with Crippen LogP contribution in [0.15, 0.2) is 48.5 Å². The maximum absolute atomic E-state index is 12.6. The molecule has 5 heteroatoms. The van der Waals surface area contributed by atoms with E-state index in [-0.39, 0.29) is 5.91 Å². The molecule has 1 amide bonds. The quantitative estimate of drug-likeness (QED) is 0.474. The van der Waals surface area contributed by atoms with Crippen molar-refractivity contribution in [3.05, 3.63) is 69.6 Å². The van der Waals surface area contributed by atoms with Gasteiger partial charge in [-0.1, -0.05) is 29.3 Å². The molecule has 3 nitrogen and oxygen atoms in total. The van der Waals surface area contributed by atoms with Gasteiger partial charge in [-0.2, -0.15) is 0 Å². The van der Waals surface area contributed by atoms with Gasteiger partial charge in [-0.3, -0.25) is 4.79 Å². The van der Waals surface area contributed by atoms with Crippen molar-refractivity contribution >= 4 is 55.7 Å². The van der Waals surface area contributed by atoms with Gasteiger partial charge in [0.05, 0.1) is 21.1 Å². The SMILES string of the molecule is Cc1ccc(NC(=O)c2cc3cc4cc(C)ccc4nc3s2)c(Cl)c1. The van der Waals surface area contributed by atoms with Crippen molar-refractivity contribution in [3.63, 3.8) is 0 Å². The summed E-state index contributed by atoms with van der Waals surface area (Å²) in [6.07, 6.45) is 0. The summed E-state index contributed by atoms with van der Waals surface area (Å²) in [7, 11) is 0. The third-order valence-corrected chi connectivity index (χ3v) is 5.41. The Morgan fingerprint density at radius 1 is 1.00 bits per heavy atom. The minimum absolute atomic E-state index is 0.172. The van der Waals surface area contributed by atoms with E-state index in [1.165, 1.54) is 16.9 Å². The van der Waals surface area contributed by atoms with Gasteiger partial charge in [0.1, 0.15) is 4.83 Å². The average molecular weight is 367 g/mol. The van der Waals surface area contributed by atoms with Crippen LogP contribution in [-0.2, 0) is 0 Å². The number of fused-ring (bicyclic) bond motifs is 2. The summed E-state index contributed by atoms with van der Waals surface area (Å²) in [5.74, 6) is -0.172. The van der Waals surface area contributed by atoms with Crippen LogP contribution in [-0.4, -0.2) is 10.9 Å². The predicted octanol–water partition coefficient (Wildman–Crippen LogP) is 5.97. The first-order valence-corrected chi connectivity index (χ1v) is 9.07. The van der Waals surface area contributed by atoms with Gasteiger partial charge in [0, 0.05) is 10.8 Å². The first-order valence-electron chi connectivity index (χ1n) is 7.88. The zero-order valence-corrected chi connectivity index (χ0v) is 15.3. The number of amides is 1. The summed E-state index contributed by atoms with van der Waals surface area (Å²) < 4.78 is 0. The summed E-state index contributed by atoms with van der Waals surface area (Å²) in [4.78, 5) is 18.7. The van der Waals surface area contributed by atoms with Crippen LogP contribution in [0.1, 0.15) is 20.8 Å². The van der Waals surface area contributed by atoms with Gasteiger partial charge < -0.3 is 5.32 Å². The molecule has 0 bridgehead atoms. The van der Waals surface area contributed by atoms with Gasteiger partial charge in [-0.15, -0.1) is 11.3 Å². The molecule has 0 aliphatic heterocycles. The molecule has 0 saturated carbocycles. The fourth-order valence-electron chi connectivity index (χ4n) is 2.77. The van der Waals surface area contributed by atoms with E-state index in [0.29, 0.717) is 15.6 Å². The fourth-order valence-corrected chi connectivity index (χ4v) is 3.97. The van der Waals surface area contributed by atoms with E-state index in [4.69, 9.17) is 11.6 Å². The van der Waals surface area contributed by atoms with E-state index >= 15 is 0 Å². The Bertz CT molecular complexity index is 1130. The van der Waals surface area contributed by atoms with Crippen molar-refractivity contribution in [2.45, 2.75) is 13.8 Å². The Morgan fingerprint density at radius 2 is 1.76 bits per heavy atom. The van der Waals surface area contributed by atoms with Gasteiger partial charge in [-0.05, 0) is 55.8 Å². The number of nitrogens with one attached hydrogen (secondary N) is 1. The van der Waals surface area contributed by atoms with E-state index < -0.39 is 0 Å². The number of pyridine rings is 1. The second-order valence-electron chi connectivity index (χ2n) is 6.13. The van der Waals surface area contributed by atoms with Crippen LogP contribution in [0.3, 0.4) is 0 Å². The molecule has 0 aliphatic rings. The van der Waals surface area contributed by atoms with Gasteiger partial charge in [-0.25, -0.2) is 4.98 Å². The Kier molecular flexibility index (Phi) is 3.94. The van der Waals surface area contributed by atoms with E-state index in [1.54, 1.807) is 0 Å². The Morgan fingerprint density at radius 3 is 2.56 bits per heavy atom. The summed E-state index contributed by atoms with van der Waals surface area (Å²) in [6, 6.07) is 15.7. The number of benzene rings is 2. The molecule has 124 valence electrons. The van der Waals surface area contributed by atoms with E-state index in [2.05, 4.69) is 29.4 Å². The molecule has 0 aliphatic carbocycles. The number of aryl methyl sites for hydroxylation is 2. The monoisotopic (exact) mass is 366 g/mol. The van der Waals surface area contributed by atoms with Gasteiger partial charge in [0.15, 0.2) is 0 Å². The smallest absolute Gasteiger partial charge is 0.265 e. The molecular weight excluding hydrogens is 352 g/mol. The van der Waals surface area contributed by atoms with Crippen molar-refractivity contribution in [2.24, 2.45) is 0 Å². The number of hydrogen-bond donors (Lipinski definition) is 1. The maximum Gasteiger partial charge on any atom is 0.265 e. The molecule has 2 aromatic carbocycles. The molecular formula is C20H15ClN2OS. The maximum atomic E-state index is 12.6. The summed E-state index contributed by atoms with van der Waals surface area (Å²) in [5.41, 5.74) is 3.80. The molecule has 0 spiro atoms. The number of halogens is 1. The van der Waals surface area contributed by atoms with Crippen LogP contribution >= 0.6 is 22.9 Å². The highest BCUT2D eigenvalue weighted by atomic mass is 35.5. The van der Waals surface area contributed by atoms with Gasteiger partial charge >= 0.3 is 0 Å². The van der Waals surface area contributed by atoms with Crippen LogP contribution in [0, 0.1) is 13.8 Å². The molecule has 0 saturated heterocycles. The van der Waals surface area contributed by atoms with Crippen molar-refractivity contribution in [2.75, 3.05) is 5.32 Å². The molecule has 25 heavy (non-hydrogen) atoms. The fraction of sp³-hybridized carbons (Fsp3) is 0.100. The lowest BCUT2D eigenvalue weighted by Gasteiger charge is -2.06. The van der Waals surface area contributed by atoms with Crippen LogP contribution < -0.4 is 5.32 Å². The van der Waals surface area contributed by atoms with E-state index in [9.17, 15) is 4.79 Å². The Balaban J connectivity index is 1.70. The molecule has 0 fully saturated rings. The number of carbonyl (C=O) groups excluding carboxylic acids is 1. The highest BCUT2D eigenvalue weighted by molar-refractivity contribution is 7.20. The van der Waals surface area contributed by atoms with Gasteiger partial charge in [0.2, 0.25) is 0 Å². The zero-order valence-electron chi connectivity index (χ0n) is 13.8. The van der Waals surface area contributed by atoms with Crippen LogP contribution in [0.25, 0.3) is 21.1 Å². The molecule has 0 atom stereocenters. The largest absolute Gasteiger partial charge is 0.320 e. The topological polar surface area (TPSA) is 42.0 Å². The first kappa shape index (κ1) is 16.1. The number of aromatic nitrogens is 1. The molecule has 0 unspecified atom stereocenters. The molecule has 4 rings (SSSR count). The Hall–Kier alpha value is -2.43. The normalized spacial score (nSPS) is 11.2. The first-order chi connectivity index (χ1) is 12.0. The minimum atomic E-state index is -0.172. The lowest BCUT2D eigenvalue weighted by Crippen LogP contribution is -2.10. The lowest BCUT2D eigenvalue weighted by molar-refractivity contribution is 0.103. The number of nitrogens with zero attached hydrogens (tertiary/aromatic N) is 1. The van der Waals surface area contributed by atoms with Gasteiger partial charge in [0.25, 0.3) is 5.91 Å². The third-order valence-electron chi connectivity index (χ3n) is 4.05.